The average molecular weight is 339 g/mol. The summed E-state index contributed by atoms with van der Waals surface area (Å²) in [5.74, 6) is -1.27. The van der Waals surface area contributed by atoms with Crippen LogP contribution in [-0.4, -0.2) is 24.0 Å². The lowest BCUT2D eigenvalue weighted by Crippen LogP contribution is -2.44. The summed E-state index contributed by atoms with van der Waals surface area (Å²) in [5.41, 5.74) is 1.36. The molecule has 0 saturated carbocycles. The molecule has 0 aliphatic rings. The molecule has 0 aliphatic heterocycles. The predicted octanol–water partition coefficient (Wildman–Crippen LogP) is 3.67. The zero-order chi connectivity index (χ0) is 18.3. The number of rotatable bonds is 7. The monoisotopic (exact) mass is 339 g/mol. The fourth-order valence-corrected chi connectivity index (χ4v) is 2.48. The number of esters is 1. The van der Waals surface area contributed by atoms with Crippen molar-refractivity contribution in [3.8, 4) is 0 Å². The second-order valence-corrected chi connectivity index (χ2v) is 6.65. The van der Waals surface area contributed by atoms with Gasteiger partial charge in [0.1, 0.15) is 5.92 Å². The van der Waals surface area contributed by atoms with Gasteiger partial charge < -0.3 is 10.1 Å². The van der Waals surface area contributed by atoms with Gasteiger partial charge in [-0.05, 0) is 31.4 Å². The minimum Gasteiger partial charge on any atom is -0.455 e. The molecule has 1 amide bonds. The van der Waals surface area contributed by atoms with Crippen LogP contribution in [0.2, 0.25) is 0 Å². The highest BCUT2D eigenvalue weighted by Gasteiger charge is 2.25. The Balaban J connectivity index is 2.11. The molecule has 4 heteroatoms. The molecule has 1 N–H and O–H groups in total. The largest absolute Gasteiger partial charge is 0.455 e. The molecule has 0 aromatic heterocycles. The van der Waals surface area contributed by atoms with Crippen molar-refractivity contribution in [3.05, 3.63) is 71.8 Å². The van der Waals surface area contributed by atoms with Crippen molar-refractivity contribution in [3.63, 3.8) is 0 Å². The Morgan fingerprint density at radius 3 is 1.88 bits per heavy atom. The molecule has 0 heterocycles. The van der Waals surface area contributed by atoms with E-state index in [1.807, 2.05) is 81.4 Å². The van der Waals surface area contributed by atoms with Crippen molar-refractivity contribution < 1.29 is 14.3 Å². The first-order valence-electron chi connectivity index (χ1n) is 8.50. The Morgan fingerprint density at radius 1 is 0.960 bits per heavy atom. The summed E-state index contributed by atoms with van der Waals surface area (Å²) in [5, 5.41) is 2.86. The van der Waals surface area contributed by atoms with E-state index in [1.165, 1.54) is 0 Å². The minimum absolute atomic E-state index is 0.279. The first kappa shape index (κ1) is 18.7. The molecule has 0 bridgehead atoms. The van der Waals surface area contributed by atoms with Crippen LogP contribution in [0.25, 0.3) is 0 Å². The van der Waals surface area contributed by atoms with Gasteiger partial charge in [0.2, 0.25) is 0 Å². The fraction of sp³-hybridized carbons (Fsp3) is 0.333. The standard InChI is InChI=1S/C21H25NO3/c1-4-21(2,3)22-18(23)15-25-20(24)19(16-11-7-5-8-12-16)17-13-9-6-10-14-17/h5-14,19H,4,15H2,1-3H3,(H,22,23). The maximum Gasteiger partial charge on any atom is 0.318 e. The van der Waals surface area contributed by atoms with Gasteiger partial charge in [0.05, 0.1) is 0 Å². The van der Waals surface area contributed by atoms with Crippen LogP contribution in [0.1, 0.15) is 44.2 Å². The van der Waals surface area contributed by atoms with E-state index in [0.29, 0.717) is 0 Å². The van der Waals surface area contributed by atoms with E-state index in [1.54, 1.807) is 0 Å². The average Bonchev–Trinajstić information content (AvgIpc) is 2.62. The molecule has 0 spiro atoms. The van der Waals surface area contributed by atoms with Gasteiger partial charge in [-0.15, -0.1) is 0 Å². The summed E-state index contributed by atoms with van der Waals surface area (Å²) in [6, 6.07) is 18.9. The van der Waals surface area contributed by atoms with Gasteiger partial charge in [-0.3, -0.25) is 9.59 Å². The molecular formula is C21H25NO3. The second kappa shape index (κ2) is 8.47. The smallest absolute Gasteiger partial charge is 0.318 e. The van der Waals surface area contributed by atoms with Gasteiger partial charge in [-0.25, -0.2) is 0 Å². The summed E-state index contributed by atoms with van der Waals surface area (Å²) < 4.78 is 5.31. The molecule has 0 saturated heterocycles. The van der Waals surface area contributed by atoms with Crippen LogP contribution in [0.3, 0.4) is 0 Å². The number of ether oxygens (including phenoxy) is 1. The summed E-state index contributed by atoms with van der Waals surface area (Å²) in [4.78, 5) is 24.7. The van der Waals surface area contributed by atoms with Gasteiger partial charge in [0, 0.05) is 5.54 Å². The number of amides is 1. The van der Waals surface area contributed by atoms with Gasteiger partial charge in [-0.2, -0.15) is 0 Å². The second-order valence-electron chi connectivity index (χ2n) is 6.65. The Kier molecular flexibility index (Phi) is 6.34. The van der Waals surface area contributed by atoms with Crippen LogP contribution in [-0.2, 0) is 14.3 Å². The summed E-state index contributed by atoms with van der Waals surface area (Å²) in [7, 11) is 0. The van der Waals surface area contributed by atoms with Crippen molar-refractivity contribution in [1.29, 1.82) is 0 Å². The molecular weight excluding hydrogens is 314 g/mol. The fourth-order valence-electron chi connectivity index (χ4n) is 2.48. The molecule has 0 aliphatic carbocycles. The highest BCUT2D eigenvalue weighted by atomic mass is 16.5. The molecule has 0 atom stereocenters. The summed E-state index contributed by atoms with van der Waals surface area (Å²) in [6.45, 7) is 5.58. The molecule has 2 aromatic rings. The van der Waals surface area contributed by atoms with Crippen molar-refractivity contribution in [2.75, 3.05) is 6.61 Å². The number of carbonyl (C=O) groups excluding carboxylic acids is 2. The van der Waals surface area contributed by atoms with Gasteiger partial charge in [0.25, 0.3) is 5.91 Å². The van der Waals surface area contributed by atoms with Gasteiger partial charge in [-0.1, -0.05) is 67.6 Å². The summed E-state index contributed by atoms with van der Waals surface area (Å²) >= 11 is 0. The van der Waals surface area contributed by atoms with Crippen molar-refractivity contribution in [2.45, 2.75) is 38.6 Å². The van der Waals surface area contributed by atoms with E-state index in [-0.39, 0.29) is 18.1 Å². The third-order valence-electron chi connectivity index (χ3n) is 4.21. The minimum atomic E-state index is -0.547. The van der Waals surface area contributed by atoms with Crippen LogP contribution in [0.4, 0.5) is 0 Å². The molecule has 2 rings (SSSR count). The maximum absolute atomic E-state index is 12.7. The lowest BCUT2D eigenvalue weighted by molar-refractivity contribution is -0.149. The van der Waals surface area contributed by atoms with E-state index in [0.717, 1.165) is 17.5 Å². The maximum atomic E-state index is 12.7. The Morgan fingerprint density at radius 2 is 1.44 bits per heavy atom. The topological polar surface area (TPSA) is 55.4 Å². The van der Waals surface area contributed by atoms with Gasteiger partial charge >= 0.3 is 5.97 Å². The van der Waals surface area contributed by atoms with E-state index in [2.05, 4.69) is 5.32 Å². The predicted molar refractivity (Wildman–Crippen MR) is 98.2 cm³/mol. The number of nitrogens with one attached hydrogen (secondary N) is 1. The Labute approximate surface area is 149 Å². The third-order valence-corrected chi connectivity index (χ3v) is 4.21. The molecule has 0 unspecified atom stereocenters. The SMILES string of the molecule is CCC(C)(C)NC(=O)COC(=O)C(c1ccccc1)c1ccccc1. The normalized spacial score (nSPS) is 11.2. The van der Waals surface area contributed by atoms with Crippen LogP contribution < -0.4 is 5.32 Å². The lowest BCUT2D eigenvalue weighted by Gasteiger charge is -2.24. The number of carbonyl (C=O) groups is 2. The summed E-state index contributed by atoms with van der Waals surface area (Å²) in [6.07, 6.45) is 0.795. The molecule has 0 fully saturated rings. The van der Waals surface area contributed by atoms with Crippen LogP contribution >= 0.6 is 0 Å². The van der Waals surface area contributed by atoms with E-state index >= 15 is 0 Å². The molecule has 4 nitrogen and oxygen atoms in total. The highest BCUT2D eigenvalue weighted by molar-refractivity contribution is 5.85. The number of benzene rings is 2. The Bertz CT molecular complexity index is 656. The van der Waals surface area contributed by atoms with E-state index in [4.69, 9.17) is 4.74 Å². The van der Waals surface area contributed by atoms with Crippen LogP contribution in [0, 0.1) is 0 Å². The van der Waals surface area contributed by atoms with Crippen molar-refractivity contribution in [2.24, 2.45) is 0 Å². The first-order valence-corrected chi connectivity index (χ1v) is 8.50. The van der Waals surface area contributed by atoms with E-state index < -0.39 is 11.9 Å². The lowest BCUT2D eigenvalue weighted by atomic mass is 9.91. The van der Waals surface area contributed by atoms with Crippen LogP contribution in [0.5, 0.6) is 0 Å². The van der Waals surface area contributed by atoms with Gasteiger partial charge in [0.15, 0.2) is 6.61 Å². The zero-order valence-electron chi connectivity index (χ0n) is 15.0. The molecule has 132 valence electrons. The van der Waals surface area contributed by atoms with Crippen molar-refractivity contribution >= 4 is 11.9 Å². The van der Waals surface area contributed by atoms with Crippen LogP contribution in [0.15, 0.2) is 60.7 Å². The van der Waals surface area contributed by atoms with E-state index in [9.17, 15) is 9.59 Å². The Hall–Kier alpha value is -2.62. The molecule has 25 heavy (non-hydrogen) atoms. The number of hydrogen-bond acceptors (Lipinski definition) is 3. The highest BCUT2D eigenvalue weighted by Crippen LogP contribution is 2.25. The first-order chi connectivity index (χ1) is 11.9. The number of hydrogen-bond donors (Lipinski definition) is 1. The quantitative estimate of drug-likeness (QED) is 0.783. The zero-order valence-corrected chi connectivity index (χ0v) is 15.0. The third kappa shape index (κ3) is 5.45. The molecule has 0 radical (unpaired) electrons. The van der Waals surface area contributed by atoms with Crippen molar-refractivity contribution in [1.82, 2.24) is 5.32 Å². The molecule has 2 aromatic carbocycles.